The number of nitrogens with one attached hydrogen (secondary N) is 1. The zero-order valence-corrected chi connectivity index (χ0v) is 14.5. The predicted molar refractivity (Wildman–Crippen MR) is 92.2 cm³/mol. The smallest absolute Gasteiger partial charge is 0.0437 e. The summed E-state index contributed by atoms with van der Waals surface area (Å²) >= 11 is 0. The van der Waals surface area contributed by atoms with Crippen molar-refractivity contribution >= 4 is 10.8 Å². The van der Waals surface area contributed by atoms with E-state index >= 15 is 0 Å². The molecule has 0 saturated heterocycles. The molecule has 0 aliphatic heterocycles. The van der Waals surface area contributed by atoms with Gasteiger partial charge in [-0.25, -0.2) is 0 Å². The lowest BCUT2D eigenvalue weighted by atomic mass is 10.0. The third-order valence-electron chi connectivity index (χ3n) is 4.35. The van der Waals surface area contributed by atoms with Crippen molar-refractivity contribution in [1.82, 2.24) is 5.32 Å². The van der Waals surface area contributed by atoms with E-state index in [4.69, 9.17) is 0 Å². The molecule has 0 radical (unpaired) electrons. The lowest BCUT2D eigenvalue weighted by Crippen LogP contribution is -2.30. The summed E-state index contributed by atoms with van der Waals surface area (Å²) in [6, 6.07) is 6.89. The molecule has 21 heavy (non-hydrogen) atoms. The Morgan fingerprint density at radius 2 is 1.76 bits per heavy atom. The van der Waals surface area contributed by atoms with E-state index in [1.54, 1.807) is 0 Å². The van der Waals surface area contributed by atoms with E-state index in [2.05, 4.69) is 44.3 Å². The summed E-state index contributed by atoms with van der Waals surface area (Å²) in [5.41, 5.74) is 3.87. The van der Waals surface area contributed by atoms with Crippen LogP contribution in [0.5, 0.6) is 0 Å². The van der Waals surface area contributed by atoms with Crippen LogP contribution < -0.4 is 5.32 Å². The molecule has 0 amide bonds. The van der Waals surface area contributed by atoms with E-state index in [1.807, 2.05) is 0 Å². The average Bonchev–Trinajstić information content (AvgIpc) is 2.46. The maximum atomic E-state index is 12.7. The van der Waals surface area contributed by atoms with Crippen LogP contribution in [0.1, 0.15) is 61.8 Å². The summed E-state index contributed by atoms with van der Waals surface area (Å²) in [6.07, 6.45) is 6.13. The molecule has 2 atom stereocenters. The van der Waals surface area contributed by atoms with E-state index in [1.165, 1.54) is 36.0 Å². The highest BCUT2D eigenvalue weighted by Crippen LogP contribution is 2.25. The fourth-order valence-corrected chi connectivity index (χ4v) is 5.13. The molecule has 0 heterocycles. The maximum Gasteiger partial charge on any atom is 0.0437 e. The third-order valence-corrected chi connectivity index (χ3v) is 6.23. The van der Waals surface area contributed by atoms with E-state index in [9.17, 15) is 4.21 Å². The van der Waals surface area contributed by atoms with Crippen molar-refractivity contribution in [1.29, 1.82) is 0 Å². The summed E-state index contributed by atoms with van der Waals surface area (Å²) in [6.45, 7) is 7.31. The Labute approximate surface area is 132 Å². The largest absolute Gasteiger partial charge is 0.309 e. The van der Waals surface area contributed by atoms with E-state index in [-0.39, 0.29) is 6.04 Å². The Bertz CT molecular complexity index is 460. The molecule has 0 aromatic heterocycles. The molecule has 1 saturated carbocycles. The van der Waals surface area contributed by atoms with Gasteiger partial charge in [0.05, 0.1) is 0 Å². The van der Waals surface area contributed by atoms with Crippen molar-refractivity contribution < 1.29 is 4.21 Å². The van der Waals surface area contributed by atoms with Gasteiger partial charge in [-0.2, -0.15) is 0 Å². The van der Waals surface area contributed by atoms with Crippen molar-refractivity contribution in [3.05, 3.63) is 34.9 Å². The van der Waals surface area contributed by atoms with Gasteiger partial charge in [0.2, 0.25) is 0 Å². The van der Waals surface area contributed by atoms with Gasteiger partial charge in [0.25, 0.3) is 0 Å². The van der Waals surface area contributed by atoms with Gasteiger partial charge in [-0.15, -0.1) is 0 Å². The first kappa shape index (κ1) is 16.7. The zero-order valence-electron chi connectivity index (χ0n) is 13.7. The first-order valence-corrected chi connectivity index (χ1v) is 9.67. The molecule has 1 N–H and O–H groups in total. The average molecular weight is 308 g/mol. The van der Waals surface area contributed by atoms with E-state index < -0.39 is 10.8 Å². The van der Waals surface area contributed by atoms with Crippen LogP contribution in [0.4, 0.5) is 0 Å². The number of rotatable bonds is 6. The fourth-order valence-electron chi connectivity index (χ4n) is 3.36. The van der Waals surface area contributed by atoms with Crippen LogP contribution in [-0.4, -0.2) is 21.8 Å². The molecule has 1 fully saturated rings. The number of hydrogen-bond acceptors (Lipinski definition) is 2. The second kappa shape index (κ2) is 8.09. The third kappa shape index (κ3) is 4.93. The molecule has 3 heteroatoms. The second-order valence-corrected chi connectivity index (χ2v) is 8.10. The molecule has 2 rings (SSSR count). The van der Waals surface area contributed by atoms with Crippen LogP contribution in [0, 0.1) is 13.8 Å². The summed E-state index contributed by atoms with van der Waals surface area (Å²) in [7, 11) is -0.714. The Balaban J connectivity index is 2.08. The molecule has 2 nitrogen and oxygen atoms in total. The Kier molecular flexibility index (Phi) is 6.43. The molecule has 2 unspecified atom stereocenters. The normalized spacial score (nSPS) is 19.4. The standard InChI is InChI=1S/C18H29NOS/c1-4-19-18(16-11-14(2)10-15(3)12-16)13-21(20)17-8-6-5-7-9-17/h10-12,17-19H,4-9,13H2,1-3H3. The number of aryl methyl sites for hydroxylation is 2. The topological polar surface area (TPSA) is 29.1 Å². The SMILES string of the molecule is CCNC(CS(=O)C1CCCCC1)c1cc(C)cc(C)c1. The summed E-state index contributed by atoms with van der Waals surface area (Å²) in [5.74, 6) is 0.751. The lowest BCUT2D eigenvalue weighted by Gasteiger charge is -2.25. The predicted octanol–water partition coefficient (Wildman–Crippen LogP) is 4.04. The van der Waals surface area contributed by atoms with Gasteiger partial charge < -0.3 is 5.32 Å². The van der Waals surface area contributed by atoms with Gasteiger partial charge in [-0.3, -0.25) is 4.21 Å². The van der Waals surface area contributed by atoms with Crippen molar-refractivity contribution in [3.8, 4) is 0 Å². The molecule has 1 aliphatic carbocycles. The number of benzene rings is 1. The van der Waals surface area contributed by atoms with Crippen molar-refractivity contribution in [2.45, 2.75) is 64.2 Å². The van der Waals surface area contributed by atoms with Gasteiger partial charge in [-0.05, 0) is 38.8 Å². The van der Waals surface area contributed by atoms with Crippen LogP contribution in [-0.2, 0) is 10.8 Å². The van der Waals surface area contributed by atoms with Crippen LogP contribution >= 0.6 is 0 Å². The first-order chi connectivity index (χ1) is 10.1. The highest BCUT2D eigenvalue weighted by atomic mass is 32.2. The monoisotopic (exact) mass is 307 g/mol. The minimum absolute atomic E-state index is 0.219. The van der Waals surface area contributed by atoms with E-state index in [0.29, 0.717) is 5.25 Å². The minimum atomic E-state index is -0.714. The Morgan fingerprint density at radius 1 is 1.14 bits per heavy atom. The molecule has 1 aliphatic rings. The lowest BCUT2D eigenvalue weighted by molar-refractivity contribution is 0.501. The van der Waals surface area contributed by atoms with Gasteiger partial charge in [0.15, 0.2) is 0 Å². The van der Waals surface area contributed by atoms with Gasteiger partial charge in [0.1, 0.15) is 0 Å². The van der Waals surface area contributed by atoms with Crippen molar-refractivity contribution in [2.24, 2.45) is 0 Å². The van der Waals surface area contributed by atoms with Crippen LogP contribution in [0.15, 0.2) is 18.2 Å². The maximum absolute atomic E-state index is 12.7. The summed E-state index contributed by atoms with van der Waals surface area (Å²) in [4.78, 5) is 0. The second-order valence-electron chi connectivity index (χ2n) is 6.34. The molecule has 118 valence electrons. The first-order valence-electron chi connectivity index (χ1n) is 8.29. The summed E-state index contributed by atoms with van der Waals surface area (Å²) in [5, 5.41) is 3.95. The van der Waals surface area contributed by atoms with Crippen molar-refractivity contribution in [2.75, 3.05) is 12.3 Å². The minimum Gasteiger partial charge on any atom is -0.309 e. The number of hydrogen-bond donors (Lipinski definition) is 1. The summed E-state index contributed by atoms with van der Waals surface area (Å²) < 4.78 is 12.7. The molecule has 1 aromatic rings. The quantitative estimate of drug-likeness (QED) is 0.859. The Morgan fingerprint density at radius 3 is 2.33 bits per heavy atom. The molecule has 0 bridgehead atoms. The highest BCUT2D eigenvalue weighted by Gasteiger charge is 2.23. The Hall–Kier alpha value is -0.670. The van der Waals surface area contributed by atoms with Crippen molar-refractivity contribution in [3.63, 3.8) is 0 Å². The van der Waals surface area contributed by atoms with E-state index in [0.717, 1.165) is 25.1 Å². The van der Waals surface area contributed by atoms with Gasteiger partial charge in [-0.1, -0.05) is 55.5 Å². The molecular formula is C18H29NOS. The molecule has 0 spiro atoms. The molecular weight excluding hydrogens is 278 g/mol. The van der Waals surface area contributed by atoms with Gasteiger partial charge >= 0.3 is 0 Å². The highest BCUT2D eigenvalue weighted by molar-refractivity contribution is 7.85. The van der Waals surface area contributed by atoms with Gasteiger partial charge in [0, 0.05) is 27.8 Å². The van der Waals surface area contributed by atoms with Crippen LogP contribution in [0.25, 0.3) is 0 Å². The van der Waals surface area contributed by atoms with Crippen LogP contribution in [0.3, 0.4) is 0 Å². The molecule has 1 aromatic carbocycles. The zero-order chi connectivity index (χ0) is 15.2. The van der Waals surface area contributed by atoms with Crippen LogP contribution in [0.2, 0.25) is 0 Å². The fraction of sp³-hybridized carbons (Fsp3) is 0.667.